The van der Waals surface area contributed by atoms with E-state index in [9.17, 15) is 23.1 Å². The Hall–Kier alpha value is -2.23. The second-order valence-corrected chi connectivity index (χ2v) is 3.24. The predicted octanol–water partition coefficient (Wildman–Crippen LogP) is 2.46. The van der Waals surface area contributed by atoms with Gasteiger partial charge < -0.3 is 9.84 Å². The SMILES string of the molecule is CCOC(=O)c1cc(O)c(C(F)(F)F)cc1C#N. The summed E-state index contributed by atoms with van der Waals surface area (Å²) in [5.74, 6) is -2.08. The first-order valence-corrected chi connectivity index (χ1v) is 4.82. The lowest BCUT2D eigenvalue weighted by Gasteiger charge is -2.11. The fourth-order valence-electron chi connectivity index (χ4n) is 1.29. The topological polar surface area (TPSA) is 70.3 Å². The van der Waals surface area contributed by atoms with Crippen molar-refractivity contribution in [3.05, 3.63) is 28.8 Å². The van der Waals surface area contributed by atoms with E-state index in [1.54, 1.807) is 0 Å². The molecule has 4 nitrogen and oxygen atoms in total. The molecule has 0 heterocycles. The molecule has 1 aromatic carbocycles. The molecule has 0 saturated heterocycles. The van der Waals surface area contributed by atoms with Gasteiger partial charge in [-0.15, -0.1) is 0 Å². The first-order valence-electron chi connectivity index (χ1n) is 4.82. The van der Waals surface area contributed by atoms with Crippen LogP contribution in [0.1, 0.15) is 28.4 Å². The number of hydrogen-bond acceptors (Lipinski definition) is 4. The third kappa shape index (κ3) is 2.71. The molecule has 0 unspecified atom stereocenters. The number of carbonyl (C=O) groups excluding carboxylic acids is 1. The summed E-state index contributed by atoms with van der Waals surface area (Å²) in [4.78, 5) is 11.4. The summed E-state index contributed by atoms with van der Waals surface area (Å²) in [6, 6.07) is 2.46. The minimum Gasteiger partial charge on any atom is -0.507 e. The second-order valence-electron chi connectivity index (χ2n) is 3.24. The summed E-state index contributed by atoms with van der Waals surface area (Å²) in [7, 11) is 0. The molecule has 0 bridgehead atoms. The van der Waals surface area contributed by atoms with Crippen LogP contribution in [0.15, 0.2) is 12.1 Å². The van der Waals surface area contributed by atoms with Crippen molar-refractivity contribution in [2.75, 3.05) is 6.61 Å². The Labute approximate surface area is 100 Å². The monoisotopic (exact) mass is 259 g/mol. The van der Waals surface area contributed by atoms with Gasteiger partial charge in [0.25, 0.3) is 0 Å². The van der Waals surface area contributed by atoms with Crippen molar-refractivity contribution in [1.29, 1.82) is 5.26 Å². The van der Waals surface area contributed by atoms with Crippen LogP contribution < -0.4 is 0 Å². The quantitative estimate of drug-likeness (QED) is 0.828. The molecule has 1 rings (SSSR count). The molecule has 0 aromatic heterocycles. The van der Waals surface area contributed by atoms with Crippen LogP contribution in [0.2, 0.25) is 0 Å². The average molecular weight is 259 g/mol. The number of esters is 1. The lowest BCUT2D eigenvalue weighted by atomic mass is 10.0. The van der Waals surface area contributed by atoms with Gasteiger partial charge in [0.1, 0.15) is 11.8 Å². The van der Waals surface area contributed by atoms with Gasteiger partial charge in [-0.25, -0.2) is 4.79 Å². The molecule has 0 aliphatic rings. The van der Waals surface area contributed by atoms with Crippen molar-refractivity contribution >= 4 is 5.97 Å². The third-order valence-corrected chi connectivity index (χ3v) is 2.06. The highest BCUT2D eigenvalue weighted by atomic mass is 19.4. The van der Waals surface area contributed by atoms with E-state index in [0.29, 0.717) is 12.1 Å². The second kappa shape index (κ2) is 4.96. The number of halogens is 3. The molecule has 0 aliphatic carbocycles. The fourth-order valence-corrected chi connectivity index (χ4v) is 1.29. The number of phenols is 1. The van der Waals surface area contributed by atoms with Crippen LogP contribution in [0.5, 0.6) is 5.75 Å². The summed E-state index contributed by atoms with van der Waals surface area (Å²) >= 11 is 0. The molecule has 0 spiro atoms. The largest absolute Gasteiger partial charge is 0.507 e. The highest BCUT2D eigenvalue weighted by Crippen LogP contribution is 2.37. The number of alkyl halides is 3. The number of benzene rings is 1. The molecule has 1 N–H and O–H groups in total. The zero-order valence-electron chi connectivity index (χ0n) is 9.21. The van der Waals surface area contributed by atoms with Gasteiger partial charge in [-0.1, -0.05) is 0 Å². The van der Waals surface area contributed by atoms with Gasteiger partial charge in [-0.2, -0.15) is 18.4 Å². The summed E-state index contributed by atoms with van der Waals surface area (Å²) in [5.41, 5.74) is -2.27. The first kappa shape index (κ1) is 13.8. The molecule has 1 aromatic rings. The van der Waals surface area contributed by atoms with Crippen LogP contribution in [0.25, 0.3) is 0 Å². The van der Waals surface area contributed by atoms with Crippen LogP contribution in [-0.2, 0) is 10.9 Å². The van der Waals surface area contributed by atoms with E-state index in [1.807, 2.05) is 0 Å². The van der Waals surface area contributed by atoms with Crippen molar-refractivity contribution in [2.45, 2.75) is 13.1 Å². The van der Waals surface area contributed by atoms with Gasteiger partial charge in [0.05, 0.1) is 23.3 Å². The van der Waals surface area contributed by atoms with Crippen molar-refractivity contribution in [1.82, 2.24) is 0 Å². The first-order chi connectivity index (χ1) is 8.31. The van der Waals surface area contributed by atoms with E-state index in [-0.39, 0.29) is 6.61 Å². The van der Waals surface area contributed by atoms with Crippen LogP contribution in [0.4, 0.5) is 13.2 Å². The predicted molar refractivity (Wildman–Crippen MR) is 53.8 cm³/mol. The number of rotatable bonds is 2. The number of hydrogen-bond donors (Lipinski definition) is 1. The number of nitrogens with zero attached hydrogens (tertiary/aromatic N) is 1. The zero-order valence-corrected chi connectivity index (χ0v) is 9.21. The van der Waals surface area contributed by atoms with Crippen LogP contribution >= 0.6 is 0 Å². The van der Waals surface area contributed by atoms with Crippen molar-refractivity contribution in [3.8, 4) is 11.8 Å². The van der Waals surface area contributed by atoms with Crippen LogP contribution in [0, 0.1) is 11.3 Å². The van der Waals surface area contributed by atoms with Crippen molar-refractivity contribution in [3.63, 3.8) is 0 Å². The van der Waals surface area contributed by atoms with Gasteiger partial charge in [0, 0.05) is 0 Å². The Kier molecular flexibility index (Phi) is 3.81. The van der Waals surface area contributed by atoms with Gasteiger partial charge in [0.15, 0.2) is 0 Å². The molecule has 0 saturated carbocycles. The summed E-state index contributed by atoms with van der Waals surface area (Å²) in [6.07, 6.45) is -4.80. The van der Waals surface area contributed by atoms with Crippen LogP contribution in [0.3, 0.4) is 0 Å². The molecule has 0 amide bonds. The van der Waals surface area contributed by atoms with Gasteiger partial charge >= 0.3 is 12.1 Å². The highest BCUT2D eigenvalue weighted by Gasteiger charge is 2.35. The van der Waals surface area contributed by atoms with E-state index in [1.165, 1.54) is 13.0 Å². The average Bonchev–Trinajstić information content (AvgIpc) is 2.27. The molecule has 0 atom stereocenters. The smallest absolute Gasteiger partial charge is 0.419 e. The molecule has 96 valence electrons. The van der Waals surface area contributed by atoms with E-state index in [2.05, 4.69) is 4.74 Å². The lowest BCUT2D eigenvalue weighted by molar-refractivity contribution is -0.138. The maximum atomic E-state index is 12.5. The van der Waals surface area contributed by atoms with E-state index < -0.39 is 34.6 Å². The maximum absolute atomic E-state index is 12.5. The molecule has 7 heteroatoms. The van der Waals surface area contributed by atoms with Crippen molar-refractivity contribution < 1.29 is 27.8 Å². The fraction of sp³-hybridized carbons (Fsp3) is 0.273. The Bertz CT molecular complexity index is 517. The molecule has 0 aliphatic heterocycles. The lowest BCUT2D eigenvalue weighted by Crippen LogP contribution is -2.11. The van der Waals surface area contributed by atoms with Gasteiger partial charge in [-0.3, -0.25) is 0 Å². The number of ether oxygens (including phenoxy) is 1. The minimum absolute atomic E-state index is 0.00544. The number of aromatic hydroxyl groups is 1. The zero-order chi connectivity index (χ0) is 13.9. The van der Waals surface area contributed by atoms with E-state index in [0.717, 1.165) is 0 Å². The summed E-state index contributed by atoms with van der Waals surface area (Å²) in [6.45, 7) is 1.51. The van der Waals surface area contributed by atoms with Crippen molar-refractivity contribution in [2.24, 2.45) is 0 Å². The standard InChI is InChI=1S/C11H8F3NO3/c1-2-18-10(17)7-4-9(16)8(11(12,13)14)3-6(7)5-15/h3-4,16H,2H2,1H3. The van der Waals surface area contributed by atoms with Gasteiger partial charge in [-0.05, 0) is 19.1 Å². The Balaban J connectivity index is 3.38. The highest BCUT2D eigenvalue weighted by molar-refractivity contribution is 5.93. The molecule has 0 radical (unpaired) electrons. The normalized spacial score (nSPS) is 10.8. The Morgan fingerprint density at radius 2 is 2.11 bits per heavy atom. The van der Waals surface area contributed by atoms with E-state index >= 15 is 0 Å². The molecule has 18 heavy (non-hydrogen) atoms. The maximum Gasteiger partial charge on any atom is 0.419 e. The number of phenolic OH excluding ortho intramolecular Hbond substituents is 1. The Morgan fingerprint density at radius 1 is 1.50 bits per heavy atom. The number of carbonyl (C=O) groups is 1. The molecule has 0 fully saturated rings. The summed E-state index contributed by atoms with van der Waals surface area (Å²) in [5, 5.41) is 17.9. The van der Waals surface area contributed by atoms with Gasteiger partial charge in [0.2, 0.25) is 0 Å². The molecular formula is C11H8F3NO3. The molecular weight excluding hydrogens is 251 g/mol. The summed E-state index contributed by atoms with van der Waals surface area (Å²) < 4.78 is 41.9. The minimum atomic E-state index is -4.80. The third-order valence-electron chi connectivity index (χ3n) is 2.06. The Morgan fingerprint density at radius 3 is 2.56 bits per heavy atom. The van der Waals surface area contributed by atoms with Crippen LogP contribution in [-0.4, -0.2) is 17.7 Å². The number of nitriles is 1. The van der Waals surface area contributed by atoms with E-state index in [4.69, 9.17) is 5.26 Å².